The lowest BCUT2D eigenvalue weighted by atomic mass is 10.0. The van der Waals surface area contributed by atoms with Crippen LogP contribution in [0.25, 0.3) is 5.52 Å². The van der Waals surface area contributed by atoms with Crippen LogP contribution < -0.4 is 0 Å². The topological polar surface area (TPSA) is 51.8 Å². The van der Waals surface area contributed by atoms with E-state index in [2.05, 4.69) is 22.1 Å². The Balaban J connectivity index is 1.60. The second kappa shape index (κ2) is 6.53. The number of carbonyl (C=O) groups is 1. The van der Waals surface area contributed by atoms with Crippen LogP contribution in [0.5, 0.6) is 0 Å². The molecule has 0 aromatic carbocycles. The Hall–Kier alpha value is -2.32. The summed E-state index contributed by atoms with van der Waals surface area (Å²) in [6, 6.07) is 9.10. The third-order valence-corrected chi connectivity index (χ3v) is 5.81. The van der Waals surface area contributed by atoms with Crippen molar-refractivity contribution in [2.45, 2.75) is 51.2 Å². The van der Waals surface area contributed by atoms with Gasteiger partial charge in [-0.15, -0.1) is 0 Å². The van der Waals surface area contributed by atoms with Crippen molar-refractivity contribution in [3.63, 3.8) is 0 Å². The molecule has 0 spiro atoms. The van der Waals surface area contributed by atoms with Crippen molar-refractivity contribution in [1.29, 1.82) is 5.26 Å². The Morgan fingerprint density at radius 2 is 2.04 bits per heavy atom. The average Bonchev–Trinajstić information content (AvgIpc) is 3.32. The highest BCUT2D eigenvalue weighted by molar-refractivity contribution is 5.74. The predicted molar refractivity (Wildman–Crippen MR) is 96.0 cm³/mol. The van der Waals surface area contributed by atoms with Crippen LogP contribution in [0.2, 0.25) is 0 Å². The van der Waals surface area contributed by atoms with Gasteiger partial charge < -0.3 is 9.30 Å². The van der Waals surface area contributed by atoms with Crippen LogP contribution in [-0.4, -0.2) is 45.3 Å². The molecule has 2 saturated heterocycles. The molecule has 0 radical (unpaired) electrons. The lowest BCUT2D eigenvalue weighted by Gasteiger charge is -2.34. The number of aromatic nitrogens is 1. The highest BCUT2D eigenvalue weighted by atomic mass is 16.2. The first kappa shape index (κ1) is 16.2. The number of likely N-dealkylation sites (tertiary alicyclic amines) is 2. The monoisotopic (exact) mass is 336 g/mol. The van der Waals surface area contributed by atoms with Crippen molar-refractivity contribution < 1.29 is 4.79 Å². The molecule has 2 aliphatic heterocycles. The van der Waals surface area contributed by atoms with Gasteiger partial charge in [0.1, 0.15) is 6.07 Å². The molecule has 0 bridgehead atoms. The van der Waals surface area contributed by atoms with E-state index in [1.807, 2.05) is 28.8 Å². The molecule has 2 aromatic rings. The van der Waals surface area contributed by atoms with E-state index in [1.54, 1.807) is 6.92 Å². The van der Waals surface area contributed by atoms with Gasteiger partial charge in [0.05, 0.1) is 11.1 Å². The zero-order valence-corrected chi connectivity index (χ0v) is 14.7. The fourth-order valence-electron chi connectivity index (χ4n) is 4.71. The third kappa shape index (κ3) is 2.81. The van der Waals surface area contributed by atoms with Gasteiger partial charge in [-0.2, -0.15) is 5.26 Å². The Kier molecular flexibility index (Phi) is 4.22. The fraction of sp³-hybridized carbons (Fsp3) is 0.500. The minimum atomic E-state index is 0.196. The Morgan fingerprint density at radius 1 is 1.24 bits per heavy atom. The largest absolute Gasteiger partial charge is 0.338 e. The molecule has 1 amide bonds. The van der Waals surface area contributed by atoms with Crippen LogP contribution in [0.1, 0.15) is 43.7 Å². The van der Waals surface area contributed by atoms with Crippen LogP contribution in [0.15, 0.2) is 30.6 Å². The van der Waals surface area contributed by atoms with Crippen LogP contribution in [0.4, 0.5) is 0 Å². The van der Waals surface area contributed by atoms with Gasteiger partial charge in [0.2, 0.25) is 5.91 Å². The first-order chi connectivity index (χ1) is 12.2. The van der Waals surface area contributed by atoms with E-state index in [-0.39, 0.29) is 5.91 Å². The SMILES string of the molecule is CC(=O)N1CCCC1C1CCCN1Cc1cn2ccccc2c1C#N. The summed E-state index contributed by atoms with van der Waals surface area (Å²) in [7, 11) is 0. The first-order valence-corrected chi connectivity index (χ1v) is 9.19. The zero-order valence-electron chi connectivity index (χ0n) is 14.7. The van der Waals surface area contributed by atoms with E-state index in [0.717, 1.165) is 55.5 Å². The third-order valence-electron chi connectivity index (χ3n) is 5.81. The minimum absolute atomic E-state index is 0.196. The summed E-state index contributed by atoms with van der Waals surface area (Å²) in [5.41, 5.74) is 2.84. The Morgan fingerprint density at radius 3 is 2.84 bits per heavy atom. The lowest BCUT2D eigenvalue weighted by molar-refractivity contribution is -0.130. The summed E-state index contributed by atoms with van der Waals surface area (Å²) >= 11 is 0. The van der Waals surface area contributed by atoms with E-state index < -0.39 is 0 Å². The number of fused-ring (bicyclic) bond motifs is 1. The Bertz CT molecular complexity index is 834. The number of amides is 1. The van der Waals surface area contributed by atoms with Crippen molar-refractivity contribution in [3.05, 3.63) is 41.7 Å². The molecule has 2 aliphatic rings. The molecule has 0 saturated carbocycles. The van der Waals surface area contributed by atoms with Crippen molar-refractivity contribution in [2.24, 2.45) is 0 Å². The zero-order chi connectivity index (χ0) is 17.4. The first-order valence-electron chi connectivity index (χ1n) is 9.19. The van der Waals surface area contributed by atoms with Crippen LogP contribution in [-0.2, 0) is 11.3 Å². The van der Waals surface area contributed by atoms with Gasteiger partial charge in [0.15, 0.2) is 0 Å². The number of carbonyl (C=O) groups excluding carboxylic acids is 1. The molecule has 2 unspecified atom stereocenters. The Labute approximate surface area is 148 Å². The molecule has 4 rings (SSSR count). The molecule has 25 heavy (non-hydrogen) atoms. The van der Waals surface area contributed by atoms with Gasteiger partial charge in [-0.1, -0.05) is 6.07 Å². The molecule has 130 valence electrons. The maximum absolute atomic E-state index is 12.0. The molecular weight excluding hydrogens is 312 g/mol. The van der Waals surface area contributed by atoms with Crippen molar-refractivity contribution in [3.8, 4) is 6.07 Å². The van der Waals surface area contributed by atoms with Crippen LogP contribution >= 0.6 is 0 Å². The molecule has 2 atom stereocenters. The maximum atomic E-state index is 12.0. The molecule has 0 N–H and O–H groups in total. The predicted octanol–water partition coefficient (Wildman–Crippen LogP) is 2.79. The van der Waals surface area contributed by atoms with Crippen LogP contribution in [0, 0.1) is 11.3 Å². The lowest BCUT2D eigenvalue weighted by Crippen LogP contribution is -2.47. The standard InChI is InChI=1S/C20H24N4O/c1-15(25)24-11-5-8-20(24)19-7-4-10-23(19)14-16-13-22-9-3-2-6-18(22)17(16)12-21/h2-3,6,9,13,19-20H,4-5,7-8,10-11,14H2,1H3. The number of rotatable bonds is 3. The van der Waals surface area contributed by atoms with Crippen molar-refractivity contribution in [2.75, 3.05) is 13.1 Å². The summed E-state index contributed by atoms with van der Waals surface area (Å²) in [4.78, 5) is 16.5. The number of pyridine rings is 1. The normalized spacial score (nSPS) is 24.1. The summed E-state index contributed by atoms with van der Waals surface area (Å²) in [5.74, 6) is 0.196. The quantitative estimate of drug-likeness (QED) is 0.866. The molecule has 2 aromatic heterocycles. The summed E-state index contributed by atoms with van der Waals surface area (Å²) in [6.45, 7) is 4.41. The van der Waals surface area contributed by atoms with E-state index in [9.17, 15) is 10.1 Å². The smallest absolute Gasteiger partial charge is 0.219 e. The highest BCUT2D eigenvalue weighted by Crippen LogP contribution is 2.32. The number of hydrogen-bond donors (Lipinski definition) is 0. The van der Waals surface area contributed by atoms with Gasteiger partial charge in [0, 0.05) is 50.1 Å². The fourth-order valence-corrected chi connectivity index (χ4v) is 4.71. The molecular formula is C20H24N4O. The van der Waals surface area contributed by atoms with Gasteiger partial charge in [-0.25, -0.2) is 0 Å². The highest BCUT2D eigenvalue weighted by Gasteiger charge is 2.38. The van der Waals surface area contributed by atoms with E-state index in [4.69, 9.17) is 0 Å². The van der Waals surface area contributed by atoms with Gasteiger partial charge >= 0.3 is 0 Å². The molecule has 5 heteroatoms. The summed E-state index contributed by atoms with van der Waals surface area (Å²) in [6.07, 6.45) is 8.60. The van der Waals surface area contributed by atoms with Gasteiger partial charge in [0.25, 0.3) is 0 Å². The second-order valence-corrected chi connectivity index (χ2v) is 7.24. The molecule has 2 fully saturated rings. The summed E-state index contributed by atoms with van der Waals surface area (Å²) in [5, 5.41) is 9.64. The van der Waals surface area contributed by atoms with Crippen molar-refractivity contribution in [1.82, 2.24) is 14.2 Å². The van der Waals surface area contributed by atoms with E-state index in [1.165, 1.54) is 6.42 Å². The van der Waals surface area contributed by atoms with Crippen molar-refractivity contribution >= 4 is 11.4 Å². The van der Waals surface area contributed by atoms with Gasteiger partial charge in [-0.05, 0) is 44.4 Å². The number of hydrogen-bond acceptors (Lipinski definition) is 3. The number of nitrogens with zero attached hydrogens (tertiary/aromatic N) is 4. The molecule has 5 nitrogen and oxygen atoms in total. The summed E-state index contributed by atoms with van der Waals surface area (Å²) < 4.78 is 2.04. The molecule has 0 aliphatic carbocycles. The van der Waals surface area contributed by atoms with Crippen LogP contribution in [0.3, 0.4) is 0 Å². The minimum Gasteiger partial charge on any atom is -0.338 e. The maximum Gasteiger partial charge on any atom is 0.219 e. The van der Waals surface area contributed by atoms with E-state index >= 15 is 0 Å². The van der Waals surface area contributed by atoms with Gasteiger partial charge in [-0.3, -0.25) is 9.69 Å². The number of nitriles is 1. The average molecular weight is 336 g/mol. The second-order valence-electron chi connectivity index (χ2n) is 7.24. The van der Waals surface area contributed by atoms with E-state index in [0.29, 0.717) is 12.1 Å². The molecule has 4 heterocycles.